The Labute approximate surface area is 164 Å². The number of pyridine rings is 1. The third-order valence-corrected chi connectivity index (χ3v) is 5.97. The number of likely N-dealkylation sites (N-methyl/N-ethyl adjacent to an activating group) is 1. The fourth-order valence-electron chi connectivity index (χ4n) is 4.18. The number of ether oxygens (including phenoxy) is 1. The molecule has 6 heteroatoms. The average molecular weight is 386 g/mol. The maximum Gasteiger partial charge on any atom is 0.242 e. The van der Waals surface area contributed by atoms with E-state index in [1.54, 1.807) is 0 Å². The van der Waals surface area contributed by atoms with Crippen molar-refractivity contribution in [2.45, 2.75) is 37.8 Å². The van der Waals surface area contributed by atoms with E-state index in [1.165, 1.54) is 0 Å². The Kier molecular flexibility index (Phi) is 4.82. The average Bonchev–Trinajstić information content (AvgIpc) is 3.24. The van der Waals surface area contributed by atoms with E-state index in [0.29, 0.717) is 11.6 Å². The van der Waals surface area contributed by atoms with Crippen molar-refractivity contribution in [3.8, 4) is 16.9 Å². The Hall–Kier alpha value is -2.11. The maximum absolute atomic E-state index is 12.5. The summed E-state index contributed by atoms with van der Waals surface area (Å²) in [6.45, 7) is 3.38. The van der Waals surface area contributed by atoms with Crippen molar-refractivity contribution >= 4 is 17.5 Å². The molecule has 2 aliphatic heterocycles. The first-order valence-corrected chi connectivity index (χ1v) is 9.82. The second-order valence-corrected chi connectivity index (χ2v) is 7.75. The number of hydrogen-bond acceptors (Lipinski definition) is 4. The molecule has 1 spiro atoms. The summed E-state index contributed by atoms with van der Waals surface area (Å²) >= 11 is 6.43. The van der Waals surface area contributed by atoms with E-state index in [1.807, 2.05) is 49.3 Å². The molecular formula is C21H24ClN3O2. The highest BCUT2D eigenvalue weighted by Gasteiger charge is 2.50. The largest absolute Gasteiger partial charge is 0.494 e. The molecule has 0 aliphatic carbocycles. The number of carbonyl (C=O) groups is 1. The van der Waals surface area contributed by atoms with Gasteiger partial charge in [0.25, 0.3) is 0 Å². The standard InChI is InChI=1S/C21H24ClN3O2/c1-3-27-15-4-5-17(22)16(13-15)14-7-10-23-19(12-14)18-6-8-21(24-18)9-11-25(2)20(21)26/h4-5,7,10,12-13,18,24H,3,6,8-9,11H2,1-2H3/t18-,21+/m1/s1. The van der Waals surface area contributed by atoms with Crippen molar-refractivity contribution in [3.63, 3.8) is 0 Å². The van der Waals surface area contributed by atoms with Crippen LogP contribution < -0.4 is 10.1 Å². The van der Waals surface area contributed by atoms with Gasteiger partial charge in [-0.15, -0.1) is 0 Å². The summed E-state index contributed by atoms with van der Waals surface area (Å²) in [5.41, 5.74) is 2.47. The molecule has 3 heterocycles. The Bertz CT molecular complexity index is 872. The first-order valence-electron chi connectivity index (χ1n) is 9.44. The van der Waals surface area contributed by atoms with Gasteiger partial charge in [-0.1, -0.05) is 11.6 Å². The lowest BCUT2D eigenvalue weighted by molar-refractivity contribution is -0.131. The second kappa shape index (κ2) is 7.13. The van der Waals surface area contributed by atoms with Crippen LogP contribution in [0, 0.1) is 0 Å². The predicted octanol–water partition coefficient (Wildman–Crippen LogP) is 3.83. The smallest absolute Gasteiger partial charge is 0.242 e. The molecule has 2 aromatic rings. The van der Waals surface area contributed by atoms with Gasteiger partial charge in [0.05, 0.1) is 18.3 Å². The van der Waals surface area contributed by atoms with Gasteiger partial charge >= 0.3 is 0 Å². The van der Waals surface area contributed by atoms with Crippen LogP contribution in [0.3, 0.4) is 0 Å². The molecule has 1 aromatic heterocycles. The highest BCUT2D eigenvalue weighted by Crippen LogP contribution is 2.39. The van der Waals surface area contributed by atoms with E-state index < -0.39 is 5.54 Å². The fraction of sp³-hybridized carbons (Fsp3) is 0.429. The number of benzene rings is 1. The Morgan fingerprint density at radius 3 is 2.93 bits per heavy atom. The number of nitrogens with zero attached hydrogens (tertiary/aromatic N) is 2. The summed E-state index contributed by atoms with van der Waals surface area (Å²) in [4.78, 5) is 18.9. The lowest BCUT2D eigenvalue weighted by Crippen LogP contribution is -2.47. The van der Waals surface area contributed by atoms with Gasteiger partial charge in [-0.2, -0.15) is 0 Å². The first-order chi connectivity index (χ1) is 13.0. The lowest BCUT2D eigenvalue weighted by atomic mass is 9.96. The molecule has 0 unspecified atom stereocenters. The normalized spacial score (nSPS) is 24.8. The van der Waals surface area contributed by atoms with Gasteiger partial charge in [0.2, 0.25) is 5.91 Å². The number of carbonyl (C=O) groups excluding carboxylic acids is 1. The highest BCUT2D eigenvalue weighted by molar-refractivity contribution is 6.33. The molecule has 0 radical (unpaired) electrons. The number of halogens is 1. The third-order valence-electron chi connectivity index (χ3n) is 5.64. The predicted molar refractivity (Wildman–Crippen MR) is 106 cm³/mol. The molecule has 1 aromatic carbocycles. The molecule has 2 aliphatic rings. The zero-order valence-corrected chi connectivity index (χ0v) is 16.4. The first kappa shape index (κ1) is 18.3. The summed E-state index contributed by atoms with van der Waals surface area (Å²) < 4.78 is 5.61. The van der Waals surface area contributed by atoms with E-state index >= 15 is 0 Å². The van der Waals surface area contributed by atoms with Crippen molar-refractivity contribution in [2.75, 3.05) is 20.2 Å². The number of hydrogen-bond donors (Lipinski definition) is 1. The van der Waals surface area contributed by atoms with Crippen molar-refractivity contribution in [2.24, 2.45) is 0 Å². The summed E-state index contributed by atoms with van der Waals surface area (Å²) in [6, 6.07) is 9.80. The molecule has 0 bridgehead atoms. The van der Waals surface area contributed by atoms with E-state index in [-0.39, 0.29) is 11.9 Å². The molecule has 2 fully saturated rings. The number of rotatable bonds is 4. The summed E-state index contributed by atoms with van der Waals surface area (Å²) in [5.74, 6) is 1.00. The maximum atomic E-state index is 12.5. The lowest BCUT2D eigenvalue weighted by Gasteiger charge is -2.23. The third kappa shape index (κ3) is 3.30. The summed E-state index contributed by atoms with van der Waals surface area (Å²) in [5, 5.41) is 4.26. The molecule has 4 rings (SSSR count). The van der Waals surface area contributed by atoms with Crippen LogP contribution in [0.4, 0.5) is 0 Å². The van der Waals surface area contributed by atoms with Crippen LogP contribution in [0.5, 0.6) is 5.75 Å². The molecule has 5 nitrogen and oxygen atoms in total. The van der Waals surface area contributed by atoms with Crippen LogP contribution in [0.2, 0.25) is 5.02 Å². The van der Waals surface area contributed by atoms with Crippen LogP contribution in [0.15, 0.2) is 36.5 Å². The van der Waals surface area contributed by atoms with E-state index in [4.69, 9.17) is 16.3 Å². The van der Waals surface area contributed by atoms with Crippen molar-refractivity contribution in [3.05, 3.63) is 47.2 Å². The molecule has 1 N–H and O–H groups in total. The SMILES string of the molecule is CCOc1ccc(Cl)c(-c2ccnc([C@H]3CC[C@@]4(CCN(C)C4=O)N3)c2)c1. The summed E-state index contributed by atoms with van der Waals surface area (Å²) in [7, 11) is 1.87. The molecule has 2 atom stereocenters. The van der Waals surface area contributed by atoms with Gasteiger partial charge in [0.15, 0.2) is 0 Å². The zero-order valence-electron chi connectivity index (χ0n) is 15.7. The number of amides is 1. The second-order valence-electron chi connectivity index (χ2n) is 7.34. The van der Waals surface area contributed by atoms with Crippen molar-refractivity contribution in [1.82, 2.24) is 15.2 Å². The van der Waals surface area contributed by atoms with E-state index in [2.05, 4.69) is 16.4 Å². The number of aromatic nitrogens is 1. The topological polar surface area (TPSA) is 54.5 Å². The Morgan fingerprint density at radius 2 is 2.19 bits per heavy atom. The minimum absolute atomic E-state index is 0.0780. The molecule has 0 saturated carbocycles. The van der Waals surface area contributed by atoms with Crippen molar-refractivity contribution in [1.29, 1.82) is 0 Å². The quantitative estimate of drug-likeness (QED) is 0.869. The zero-order chi connectivity index (χ0) is 19.0. The van der Waals surface area contributed by atoms with Gasteiger partial charge in [-0.3, -0.25) is 15.1 Å². The van der Waals surface area contributed by atoms with E-state index in [9.17, 15) is 4.79 Å². The Balaban J connectivity index is 1.61. The van der Waals surface area contributed by atoms with Gasteiger partial charge in [0.1, 0.15) is 11.3 Å². The van der Waals surface area contributed by atoms with Crippen LogP contribution in [-0.4, -0.2) is 41.5 Å². The van der Waals surface area contributed by atoms with Crippen LogP contribution in [0.25, 0.3) is 11.1 Å². The molecular weight excluding hydrogens is 362 g/mol. The van der Waals surface area contributed by atoms with Gasteiger partial charge in [0, 0.05) is 30.4 Å². The monoisotopic (exact) mass is 385 g/mol. The molecule has 142 valence electrons. The van der Waals surface area contributed by atoms with Gasteiger partial charge < -0.3 is 9.64 Å². The van der Waals surface area contributed by atoms with Gasteiger partial charge in [-0.25, -0.2) is 0 Å². The van der Waals surface area contributed by atoms with Crippen LogP contribution in [0.1, 0.15) is 37.9 Å². The number of nitrogens with one attached hydrogen (secondary N) is 1. The van der Waals surface area contributed by atoms with E-state index in [0.717, 1.165) is 48.4 Å². The van der Waals surface area contributed by atoms with Crippen LogP contribution in [-0.2, 0) is 4.79 Å². The molecule has 1 amide bonds. The number of likely N-dealkylation sites (tertiary alicyclic amines) is 1. The summed E-state index contributed by atoms with van der Waals surface area (Å²) in [6.07, 6.45) is 4.43. The fourth-order valence-corrected chi connectivity index (χ4v) is 4.40. The highest BCUT2D eigenvalue weighted by atomic mass is 35.5. The minimum Gasteiger partial charge on any atom is -0.494 e. The minimum atomic E-state index is -0.413. The Morgan fingerprint density at radius 1 is 1.33 bits per heavy atom. The van der Waals surface area contributed by atoms with Crippen molar-refractivity contribution < 1.29 is 9.53 Å². The van der Waals surface area contributed by atoms with Gasteiger partial charge in [-0.05, 0) is 62.1 Å². The molecule has 2 saturated heterocycles. The van der Waals surface area contributed by atoms with Crippen LogP contribution >= 0.6 is 11.6 Å². The molecule has 27 heavy (non-hydrogen) atoms.